The summed E-state index contributed by atoms with van der Waals surface area (Å²) in [6.45, 7) is 0.642. The Labute approximate surface area is 106 Å². The average Bonchev–Trinajstić information content (AvgIpc) is 2.75. The van der Waals surface area contributed by atoms with Crippen molar-refractivity contribution in [2.24, 2.45) is 0 Å². The minimum Gasteiger partial charge on any atom is -0.508 e. The Bertz CT molecular complexity index is 545. The molecule has 2 aromatic rings. The lowest BCUT2D eigenvalue weighted by Gasteiger charge is -2.21. The molecule has 94 valence electrons. The average molecular weight is 244 g/mol. The summed E-state index contributed by atoms with van der Waals surface area (Å²) in [6.07, 6.45) is 4.09. The van der Waals surface area contributed by atoms with E-state index in [9.17, 15) is 10.2 Å². The largest absolute Gasteiger partial charge is 0.508 e. The van der Waals surface area contributed by atoms with E-state index in [0.29, 0.717) is 6.54 Å². The molecule has 1 unspecified atom stereocenters. The molecule has 18 heavy (non-hydrogen) atoms. The Kier molecular flexibility index (Phi) is 2.80. The van der Waals surface area contributed by atoms with Gasteiger partial charge >= 0.3 is 0 Å². The smallest absolute Gasteiger partial charge is 0.115 e. The SMILES string of the molecule is Oc1ccc(Cc2ncc3n2CC(O)CC3)cc1. The number of phenolic OH excluding ortho intramolecular Hbond substituents is 1. The molecule has 0 fully saturated rings. The molecular weight excluding hydrogens is 228 g/mol. The third-order valence-corrected chi connectivity index (χ3v) is 3.45. The number of aromatic hydroxyl groups is 1. The topological polar surface area (TPSA) is 58.3 Å². The van der Waals surface area contributed by atoms with Crippen LogP contribution in [0.4, 0.5) is 0 Å². The fraction of sp³-hybridized carbons (Fsp3) is 0.357. The number of hydrogen-bond donors (Lipinski definition) is 2. The van der Waals surface area contributed by atoms with Crippen molar-refractivity contribution >= 4 is 0 Å². The molecule has 0 spiro atoms. The van der Waals surface area contributed by atoms with Crippen molar-refractivity contribution in [3.8, 4) is 5.75 Å². The van der Waals surface area contributed by atoms with Crippen LogP contribution in [0.15, 0.2) is 30.5 Å². The molecule has 4 heteroatoms. The van der Waals surface area contributed by atoms with E-state index < -0.39 is 0 Å². The van der Waals surface area contributed by atoms with E-state index in [1.807, 2.05) is 18.3 Å². The van der Waals surface area contributed by atoms with Crippen LogP contribution >= 0.6 is 0 Å². The first-order chi connectivity index (χ1) is 8.72. The van der Waals surface area contributed by atoms with Gasteiger partial charge in [0.25, 0.3) is 0 Å². The van der Waals surface area contributed by atoms with Crippen molar-refractivity contribution in [1.82, 2.24) is 9.55 Å². The van der Waals surface area contributed by atoms with Gasteiger partial charge in [0, 0.05) is 18.3 Å². The van der Waals surface area contributed by atoms with Gasteiger partial charge in [-0.05, 0) is 30.5 Å². The highest BCUT2D eigenvalue weighted by Gasteiger charge is 2.19. The summed E-state index contributed by atoms with van der Waals surface area (Å²) >= 11 is 0. The quantitative estimate of drug-likeness (QED) is 0.841. The van der Waals surface area contributed by atoms with E-state index in [2.05, 4.69) is 9.55 Å². The summed E-state index contributed by atoms with van der Waals surface area (Å²) in [5.41, 5.74) is 2.32. The highest BCUT2D eigenvalue weighted by atomic mass is 16.3. The minimum atomic E-state index is -0.259. The van der Waals surface area contributed by atoms with Crippen LogP contribution in [0.25, 0.3) is 0 Å². The standard InChI is InChI=1S/C14H16N2O2/c17-12-4-1-10(2-5-12)7-14-15-8-11-3-6-13(18)9-16(11)14/h1-2,4-5,8,13,17-18H,3,6-7,9H2. The van der Waals surface area contributed by atoms with E-state index in [1.165, 1.54) is 5.69 Å². The molecule has 3 rings (SSSR count). The Balaban J connectivity index is 1.85. The lowest BCUT2D eigenvalue weighted by Crippen LogP contribution is -2.25. The van der Waals surface area contributed by atoms with Crippen LogP contribution < -0.4 is 0 Å². The summed E-state index contributed by atoms with van der Waals surface area (Å²) < 4.78 is 2.11. The van der Waals surface area contributed by atoms with Gasteiger partial charge in [0.05, 0.1) is 12.6 Å². The number of aromatic nitrogens is 2. The zero-order valence-electron chi connectivity index (χ0n) is 10.1. The molecule has 0 saturated carbocycles. The second-order valence-corrected chi connectivity index (χ2v) is 4.81. The maximum atomic E-state index is 9.72. The molecule has 1 aliphatic heterocycles. The third kappa shape index (κ3) is 2.11. The van der Waals surface area contributed by atoms with Gasteiger partial charge in [-0.15, -0.1) is 0 Å². The fourth-order valence-electron chi connectivity index (χ4n) is 2.43. The Morgan fingerprint density at radius 2 is 2.06 bits per heavy atom. The van der Waals surface area contributed by atoms with Gasteiger partial charge in [0.15, 0.2) is 0 Å². The first-order valence-electron chi connectivity index (χ1n) is 6.21. The summed E-state index contributed by atoms with van der Waals surface area (Å²) in [6, 6.07) is 7.17. The molecule has 0 amide bonds. The van der Waals surface area contributed by atoms with Gasteiger partial charge in [-0.2, -0.15) is 0 Å². The zero-order valence-corrected chi connectivity index (χ0v) is 10.1. The number of nitrogens with zero attached hydrogens (tertiary/aromatic N) is 2. The predicted molar refractivity (Wildman–Crippen MR) is 67.5 cm³/mol. The van der Waals surface area contributed by atoms with E-state index >= 15 is 0 Å². The van der Waals surface area contributed by atoms with E-state index in [4.69, 9.17) is 0 Å². The van der Waals surface area contributed by atoms with Crippen LogP contribution in [-0.4, -0.2) is 25.9 Å². The normalized spacial score (nSPS) is 18.6. The monoisotopic (exact) mass is 244 g/mol. The lowest BCUT2D eigenvalue weighted by molar-refractivity contribution is 0.130. The summed E-state index contributed by atoms with van der Waals surface area (Å²) in [5.74, 6) is 1.26. The van der Waals surface area contributed by atoms with Crippen LogP contribution in [0, 0.1) is 0 Å². The van der Waals surface area contributed by atoms with Gasteiger partial charge in [-0.25, -0.2) is 4.98 Å². The maximum Gasteiger partial charge on any atom is 0.115 e. The van der Waals surface area contributed by atoms with E-state index in [0.717, 1.165) is 30.7 Å². The van der Waals surface area contributed by atoms with Crippen LogP contribution in [0.2, 0.25) is 0 Å². The number of aliphatic hydroxyl groups excluding tert-OH is 1. The lowest BCUT2D eigenvalue weighted by atomic mass is 10.1. The Morgan fingerprint density at radius 3 is 2.83 bits per heavy atom. The van der Waals surface area contributed by atoms with Crippen molar-refractivity contribution in [2.75, 3.05) is 0 Å². The van der Waals surface area contributed by atoms with Gasteiger partial charge in [-0.1, -0.05) is 12.1 Å². The number of fused-ring (bicyclic) bond motifs is 1. The zero-order chi connectivity index (χ0) is 12.5. The number of aliphatic hydroxyl groups is 1. The second-order valence-electron chi connectivity index (χ2n) is 4.81. The van der Waals surface area contributed by atoms with E-state index in [1.54, 1.807) is 12.1 Å². The molecule has 0 saturated heterocycles. The molecule has 2 N–H and O–H groups in total. The van der Waals surface area contributed by atoms with Gasteiger partial charge in [0.1, 0.15) is 11.6 Å². The first kappa shape index (κ1) is 11.3. The van der Waals surface area contributed by atoms with Crippen LogP contribution in [0.1, 0.15) is 23.5 Å². The molecule has 0 radical (unpaired) electrons. The molecule has 0 bridgehead atoms. The first-order valence-corrected chi connectivity index (χ1v) is 6.21. The van der Waals surface area contributed by atoms with Gasteiger partial charge in [0.2, 0.25) is 0 Å². The molecule has 2 heterocycles. The van der Waals surface area contributed by atoms with Crippen LogP contribution in [0.5, 0.6) is 5.75 Å². The fourth-order valence-corrected chi connectivity index (χ4v) is 2.43. The number of hydrogen-bond acceptors (Lipinski definition) is 3. The highest BCUT2D eigenvalue weighted by Crippen LogP contribution is 2.20. The summed E-state index contributed by atoms with van der Waals surface area (Å²) in [5, 5.41) is 19.0. The molecule has 0 aliphatic carbocycles. The molecule has 1 aliphatic rings. The number of imidazole rings is 1. The number of benzene rings is 1. The number of phenols is 1. The van der Waals surface area contributed by atoms with Gasteiger partial charge < -0.3 is 14.8 Å². The van der Waals surface area contributed by atoms with Crippen molar-refractivity contribution < 1.29 is 10.2 Å². The van der Waals surface area contributed by atoms with Crippen molar-refractivity contribution in [3.05, 3.63) is 47.5 Å². The van der Waals surface area contributed by atoms with E-state index in [-0.39, 0.29) is 11.9 Å². The summed E-state index contributed by atoms with van der Waals surface area (Å²) in [7, 11) is 0. The highest BCUT2D eigenvalue weighted by molar-refractivity contribution is 5.28. The molecule has 1 aromatic heterocycles. The third-order valence-electron chi connectivity index (χ3n) is 3.45. The minimum absolute atomic E-state index is 0.259. The number of rotatable bonds is 2. The Hall–Kier alpha value is -1.81. The molecule has 1 aromatic carbocycles. The second kappa shape index (κ2) is 4.46. The van der Waals surface area contributed by atoms with Crippen LogP contribution in [0.3, 0.4) is 0 Å². The Morgan fingerprint density at radius 1 is 1.28 bits per heavy atom. The number of aryl methyl sites for hydroxylation is 1. The molecule has 4 nitrogen and oxygen atoms in total. The maximum absolute atomic E-state index is 9.72. The molecule has 1 atom stereocenters. The van der Waals surface area contributed by atoms with Crippen molar-refractivity contribution in [1.29, 1.82) is 0 Å². The van der Waals surface area contributed by atoms with Gasteiger partial charge in [-0.3, -0.25) is 0 Å². The van der Waals surface area contributed by atoms with Crippen LogP contribution in [-0.2, 0) is 19.4 Å². The summed E-state index contributed by atoms with van der Waals surface area (Å²) in [4.78, 5) is 4.44. The molecular formula is C14H16N2O2. The van der Waals surface area contributed by atoms with Crippen molar-refractivity contribution in [2.45, 2.75) is 31.9 Å². The predicted octanol–water partition coefficient (Wildman–Crippen LogP) is 1.49. The van der Waals surface area contributed by atoms with Crippen molar-refractivity contribution in [3.63, 3.8) is 0 Å².